The number of phenolic OH excluding ortho intramolecular Hbond substituents is 1. The first-order chi connectivity index (χ1) is 8.56. The number of phenols is 1. The minimum Gasteiger partial charge on any atom is -0.506 e. The van der Waals surface area contributed by atoms with E-state index < -0.39 is 5.91 Å². The lowest BCUT2D eigenvalue weighted by atomic mass is 10.2. The Kier molecular flexibility index (Phi) is 3.14. The van der Waals surface area contributed by atoms with E-state index >= 15 is 0 Å². The van der Waals surface area contributed by atoms with Crippen molar-refractivity contribution < 1.29 is 9.90 Å². The number of pyridine rings is 1. The molecule has 1 aromatic heterocycles. The van der Waals surface area contributed by atoms with E-state index in [1.165, 1.54) is 18.3 Å². The molecule has 5 nitrogen and oxygen atoms in total. The molecule has 0 unspecified atom stereocenters. The minimum absolute atomic E-state index is 0.0180. The summed E-state index contributed by atoms with van der Waals surface area (Å²) in [6.07, 6.45) is 1.41. The van der Waals surface area contributed by atoms with Crippen LogP contribution < -0.4 is 11.1 Å². The van der Waals surface area contributed by atoms with Crippen molar-refractivity contribution in [1.29, 1.82) is 0 Å². The maximum atomic E-state index is 11.9. The molecule has 1 heterocycles. The molecule has 0 spiro atoms. The van der Waals surface area contributed by atoms with Gasteiger partial charge in [-0.1, -0.05) is 6.07 Å². The quantitative estimate of drug-likeness (QED) is 0.703. The van der Waals surface area contributed by atoms with Crippen LogP contribution in [0.2, 0.25) is 0 Å². The van der Waals surface area contributed by atoms with Crippen LogP contribution in [0.5, 0.6) is 5.75 Å². The number of carbonyl (C=O) groups excluding carboxylic acids is 1. The Morgan fingerprint density at radius 1 is 1.33 bits per heavy atom. The highest BCUT2D eigenvalue weighted by Crippen LogP contribution is 2.24. The number of nitrogens with zero attached hydrogens (tertiary/aromatic N) is 1. The van der Waals surface area contributed by atoms with Crippen molar-refractivity contribution in [1.82, 2.24) is 4.98 Å². The number of hydrogen-bond acceptors (Lipinski definition) is 4. The van der Waals surface area contributed by atoms with E-state index in [1.54, 1.807) is 18.2 Å². The highest BCUT2D eigenvalue weighted by atomic mass is 16.3. The first-order valence-electron chi connectivity index (χ1n) is 5.39. The van der Waals surface area contributed by atoms with Crippen LogP contribution in [0.25, 0.3) is 0 Å². The molecular formula is C13H13N3O2. The van der Waals surface area contributed by atoms with Crippen LogP contribution >= 0.6 is 0 Å². The fourth-order valence-electron chi connectivity index (χ4n) is 1.48. The van der Waals surface area contributed by atoms with E-state index in [2.05, 4.69) is 10.3 Å². The molecule has 0 saturated carbocycles. The molecule has 0 saturated heterocycles. The fourth-order valence-corrected chi connectivity index (χ4v) is 1.48. The van der Waals surface area contributed by atoms with Crippen LogP contribution in [0, 0.1) is 6.92 Å². The Morgan fingerprint density at radius 2 is 2.11 bits per heavy atom. The standard InChI is InChI=1S/C13H13N3O2/c1-8-2-5-12(17)11(6-8)16-13(18)10-4-3-9(14)7-15-10/h2-7,17H,14H2,1H3,(H,16,18). The maximum Gasteiger partial charge on any atom is 0.274 e. The Morgan fingerprint density at radius 3 is 2.78 bits per heavy atom. The summed E-state index contributed by atoms with van der Waals surface area (Å²) >= 11 is 0. The second-order valence-corrected chi connectivity index (χ2v) is 3.95. The number of nitrogens with one attached hydrogen (secondary N) is 1. The van der Waals surface area contributed by atoms with Gasteiger partial charge >= 0.3 is 0 Å². The van der Waals surface area contributed by atoms with Gasteiger partial charge < -0.3 is 16.2 Å². The molecule has 0 aliphatic carbocycles. The second kappa shape index (κ2) is 4.75. The Hall–Kier alpha value is -2.56. The number of nitrogen functional groups attached to an aromatic ring is 1. The molecule has 1 aromatic carbocycles. The third-order valence-electron chi connectivity index (χ3n) is 2.42. The van der Waals surface area contributed by atoms with Gasteiger partial charge in [0.05, 0.1) is 17.6 Å². The Balaban J connectivity index is 2.21. The van der Waals surface area contributed by atoms with E-state index in [0.29, 0.717) is 11.4 Å². The molecule has 2 rings (SSSR count). The molecule has 92 valence electrons. The van der Waals surface area contributed by atoms with Gasteiger partial charge in [-0.25, -0.2) is 4.98 Å². The minimum atomic E-state index is -0.393. The Bertz CT molecular complexity index is 579. The van der Waals surface area contributed by atoms with Gasteiger partial charge in [-0.3, -0.25) is 4.79 Å². The number of aryl methyl sites for hydroxylation is 1. The lowest BCUT2D eigenvalue weighted by Crippen LogP contribution is -2.13. The number of carbonyl (C=O) groups is 1. The van der Waals surface area contributed by atoms with Crippen molar-refractivity contribution in [3.63, 3.8) is 0 Å². The third-order valence-corrected chi connectivity index (χ3v) is 2.42. The lowest BCUT2D eigenvalue weighted by Gasteiger charge is -2.07. The summed E-state index contributed by atoms with van der Waals surface area (Å²) in [5, 5.41) is 12.2. The maximum absolute atomic E-state index is 11.9. The summed E-state index contributed by atoms with van der Waals surface area (Å²) in [6, 6.07) is 8.09. The highest BCUT2D eigenvalue weighted by molar-refractivity contribution is 6.03. The van der Waals surface area contributed by atoms with Gasteiger partial charge in [-0.15, -0.1) is 0 Å². The summed E-state index contributed by atoms with van der Waals surface area (Å²) in [6.45, 7) is 1.87. The van der Waals surface area contributed by atoms with Gasteiger partial charge in [-0.05, 0) is 36.8 Å². The molecule has 4 N–H and O–H groups in total. The van der Waals surface area contributed by atoms with E-state index in [9.17, 15) is 9.90 Å². The SMILES string of the molecule is Cc1ccc(O)c(NC(=O)c2ccc(N)cn2)c1. The number of aromatic hydroxyl groups is 1. The number of hydrogen-bond donors (Lipinski definition) is 3. The van der Waals surface area contributed by atoms with Gasteiger partial charge in [0.25, 0.3) is 5.91 Å². The van der Waals surface area contributed by atoms with Gasteiger partial charge in [0, 0.05) is 0 Å². The number of amides is 1. The molecule has 1 amide bonds. The summed E-state index contributed by atoms with van der Waals surface area (Å²) in [4.78, 5) is 15.8. The number of anilines is 2. The predicted molar refractivity (Wildman–Crippen MR) is 69.4 cm³/mol. The molecule has 0 bridgehead atoms. The van der Waals surface area contributed by atoms with Gasteiger partial charge in [0.1, 0.15) is 11.4 Å². The van der Waals surface area contributed by atoms with Gasteiger partial charge in [0.15, 0.2) is 0 Å². The zero-order chi connectivity index (χ0) is 13.1. The molecule has 0 atom stereocenters. The first kappa shape index (κ1) is 11.9. The number of aromatic nitrogens is 1. The highest BCUT2D eigenvalue weighted by Gasteiger charge is 2.10. The zero-order valence-electron chi connectivity index (χ0n) is 9.84. The summed E-state index contributed by atoms with van der Waals surface area (Å²) in [7, 11) is 0. The zero-order valence-corrected chi connectivity index (χ0v) is 9.84. The first-order valence-corrected chi connectivity index (χ1v) is 5.39. The average Bonchev–Trinajstić information content (AvgIpc) is 2.34. The third kappa shape index (κ3) is 2.57. The average molecular weight is 243 g/mol. The largest absolute Gasteiger partial charge is 0.506 e. The molecule has 18 heavy (non-hydrogen) atoms. The van der Waals surface area contributed by atoms with Crippen molar-refractivity contribution in [2.45, 2.75) is 6.92 Å². The fraction of sp³-hybridized carbons (Fsp3) is 0.0769. The molecule has 5 heteroatoms. The lowest BCUT2D eigenvalue weighted by molar-refractivity contribution is 0.102. The molecular weight excluding hydrogens is 230 g/mol. The van der Waals surface area contributed by atoms with Crippen LogP contribution in [0.3, 0.4) is 0 Å². The van der Waals surface area contributed by atoms with Crippen LogP contribution in [0.15, 0.2) is 36.5 Å². The molecule has 0 radical (unpaired) electrons. The van der Waals surface area contributed by atoms with Crippen LogP contribution in [-0.4, -0.2) is 16.0 Å². The number of rotatable bonds is 2. The Labute approximate surface area is 104 Å². The van der Waals surface area contributed by atoms with Crippen LogP contribution in [0.4, 0.5) is 11.4 Å². The van der Waals surface area contributed by atoms with Crippen molar-refractivity contribution >= 4 is 17.3 Å². The molecule has 0 fully saturated rings. The molecule has 0 aliphatic rings. The van der Waals surface area contributed by atoms with Gasteiger partial charge in [0.2, 0.25) is 0 Å². The summed E-state index contributed by atoms with van der Waals surface area (Å²) in [5.74, 6) is -0.375. The monoisotopic (exact) mass is 243 g/mol. The number of benzene rings is 1. The summed E-state index contributed by atoms with van der Waals surface area (Å²) < 4.78 is 0. The van der Waals surface area contributed by atoms with Crippen molar-refractivity contribution in [2.24, 2.45) is 0 Å². The van der Waals surface area contributed by atoms with Crippen LogP contribution in [0.1, 0.15) is 16.1 Å². The van der Waals surface area contributed by atoms with Crippen LogP contribution in [-0.2, 0) is 0 Å². The van der Waals surface area contributed by atoms with Crippen molar-refractivity contribution in [3.05, 3.63) is 47.8 Å². The van der Waals surface area contributed by atoms with E-state index in [4.69, 9.17) is 5.73 Å². The number of nitrogens with two attached hydrogens (primary N) is 1. The molecule has 2 aromatic rings. The molecule has 0 aliphatic heterocycles. The van der Waals surface area contributed by atoms with Gasteiger partial charge in [-0.2, -0.15) is 0 Å². The van der Waals surface area contributed by atoms with Crippen molar-refractivity contribution in [2.75, 3.05) is 11.1 Å². The predicted octanol–water partition coefficient (Wildman–Crippen LogP) is 1.93. The van der Waals surface area contributed by atoms with E-state index in [0.717, 1.165) is 5.56 Å². The smallest absolute Gasteiger partial charge is 0.274 e. The van der Waals surface area contributed by atoms with E-state index in [1.807, 2.05) is 6.92 Å². The van der Waals surface area contributed by atoms with Crippen molar-refractivity contribution in [3.8, 4) is 5.75 Å². The van der Waals surface area contributed by atoms with E-state index in [-0.39, 0.29) is 11.4 Å². The summed E-state index contributed by atoms with van der Waals surface area (Å²) in [5.41, 5.74) is 7.52. The topological polar surface area (TPSA) is 88.2 Å². The normalized spacial score (nSPS) is 10.1. The second-order valence-electron chi connectivity index (χ2n) is 3.95.